The van der Waals surface area contributed by atoms with Crippen LogP contribution in [0.2, 0.25) is 0 Å². The molecule has 2 aromatic heterocycles. The van der Waals surface area contributed by atoms with Crippen LogP contribution in [0.15, 0.2) is 23.8 Å². The molecule has 8 nitrogen and oxygen atoms in total. The summed E-state index contributed by atoms with van der Waals surface area (Å²) < 4.78 is 0. The predicted octanol–water partition coefficient (Wildman–Crippen LogP) is 2.10. The van der Waals surface area contributed by atoms with Crippen LogP contribution in [0.4, 0.5) is 10.9 Å². The summed E-state index contributed by atoms with van der Waals surface area (Å²) in [5, 5.41) is 22.4. The maximum Gasteiger partial charge on any atom is 0.326 e. The number of aromatic nitrogens is 3. The van der Waals surface area contributed by atoms with Gasteiger partial charge in [-0.3, -0.25) is 10.1 Å². The number of carboxylic acids is 1. The fourth-order valence-electron chi connectivity index (χ4n) is 1.88. The SMILES string of the molecule is CC(C)C[C@@H](Nc1ccc(C(=O)Nc2nncs2)cn1)C(=O)O. The zero-order chi connectivity index (χ0) is 16.8. The van der Waals surface area contributed by atoms with E-state index in [4.69, 9.17) is 0 Å². The lowest BCUT2D eigenvalue weighted by atomic mass is 10.0. The van der Waals surface area contributed by atoms with Crippen molar-refractivity contribution in [1.82, 2.24) is 15.2 Å². The summed E-state index contributed by atoms with van der Waals surface area (Å²) in [6, 6.07) is 2.43. The number of pyridine rings is 1. The molecule has 2 heterocycles. The van der Waals surface area contributed by atoms with Crippen molar-refractivity contribution < 1.29 is 14.7 Å². The lowest BCUT2D eigenvalue weighted by Gasteiger charge is -2.17. The molecule has 122 valence electrons. The molecule has 9 heteroatoms. The van der Waals surface area contributed by atoms with Crippen molar-refractivity contribution in [2.75, 3.05) is 10.6 Å². The molecule has 0 aromatic carbocycles. The minimum Gasteiger partial charge on any atom is -0.480 e. The van der Waals surface area contributed by atoms with Gasteiger partial charge in [-0.2, -0.15) is 0 Å². The molecule has 0 fully saturated rings. The molecule has 3 N–H and O–H groups in total. The van der Waals surface area contributed by atoms with Crippen molar-refractivity contribution in [2.45, 2.75) is 26.3 Å². The number of nitrogens with one attached hydrogen (secondary N) is 2. The van der Waals surface area contributed by atoms with Crippen LogP contribution in [0.3, 0.4) is 0 Å². The van der Waals surface area contributed by atoms with Gasteiger partial charge in [-0.15, -0.1) is 10.2 Å². The van der Waals surface area contributed by atoms with Gasteiger partial charge in [-0.05, 0) is 24.5 Å². The van der Waals surface area contributed by atoms with E-state index >= 15 is 0 Å². The summed E-state index contributed by atoms with van der Waals surface area (Å²) >= 11 is 1.21. The highest BCUT2D eigenvalue weighted by molar-refractivity contribution is 7.13. The molecule has 0 spiro atoms. The molecule has 0 aliphatic rings. The third kappa shape index (κ3) is 4.99. The Kier molecular flexibility index (Phi) is 5.58. The highest BCUT2D eigenvalue weighted by Gasteiger charge is 2.19. The van der Waals surface area contributed by atoms with Crippen LogP contribution < -0.4 is 10.6 Å². The van der Waals surface area contributed by atoms with Gasteiger partial charge in [-0.25, -0.2) is 9.78 Å². The van der Waals surface area contributed by atoms with E-state index in [1.807, 2.05) is 13.8 Å². The van der Waals surface area contributed by atoms with Crippen LogP contribution in [0.1, 0.15) is 30.6 Å². The summed E-state index contributed by atoms with van der Waals surface area (Å²) in [6.45, 7) is 3.90. The first-order valence-corrected chi connectivity index (χ1v) is 7.86. The summed E-state index contributed by atoms with van der Waals surface area (Å²) in [6.07, 6.45) is 1.86. The number of carbonyl (C=O) groups excluding carboxylic acids is 1. The molecule has 0 aliphatic carbocycles. The smallest absolute Gasteiger partial charge is 0.326 e. The quantitative estimate of drug-likeness (QED) is 0.709. The van der Waals surface area contributed by atoms with Gasteiger partial charge in [-0.1, -0.05) is 25.2 Å². The number of hydrogen-bond donors (Lipinski definition) is 3. The van der Waals surface area contributed by atoms with Gasteiger partial charge in [0.15, 0.2) is 0 Å². The zero-order valence-electron chi connectivity index (χ0n) is 12.7. The number of rotatable bonds is 7. The van der Waals surface area contributed by atoms with Gasteiger partial charge in [0.05, 0.1) is 5.56 Å². The van der Waals surface area contributed by atoms with Gasteiger partial charge in [0, 0.05) is 6.20 Å². The highest BCUT2D eigenvalue weighted by Crippen LogP contribution is 2.14. The van der Waals surface area contributed by atoms with E-state index in [0.717, 1.165) is 0 Å². The van der Waals surface area contributed by atoms with E-state index < -0.39 is 12.0 Å². The summed E-state index contributed by atoms with van der Waals surface area (Å²) in [5.74, 6) is -0.637. The van der Waals surface area contributed by atoms with Crippen molar-refractivity contribution in [3.05, 3.63) is 29.4 Å². The third-order valence-electron chi connectivity index (χ3n) is 2.93. The molecular weight excluding hydrogens is 318 g/mol. The first kappa shape index (κ1) is 16.8. The van der Waals surface area contributed by atoms with Crippen molar-refractivity contribution in [2.24, 2.45) is 5.92 Å². The molecule has 1 atom stereocenters. The van der Waals surface area contributed by atoms with Gasteiger partial charge in [0.25, 0.3) is 5.91 Å². The van der Waals surface area contributed by atoms with Gasteiger partial charge >= 0.3 is 5.97 Å². The first-order valence-electron chi connectivity index (χ1n) is 6.98. The third-order valence-corrected chi connectivity index (χ3v) is 3.54. The van der Waals surface area contributed by atoms with Gasteiger partial charge < -0.3 is 10.4 Å². The zero-order valence-corrected chi connectivity index (χ0v) is 13.5. The van der Waals surface area contributed by atoms with Crippen LogP contribution in [-0.4, -0.2) is 38.2 Å². The number of aliphatic carboxylic acids is 1. The van der Waals surface area contributed by atoms with Crippen LogP contribution in [0.25, 0.3) is 0 Å². The lowest BCUT2D eigenvalue weighted by molar-refractivity contribution is -0.138. The molecule has 2 aromatic rings. The van der Waals surface area contributed by atoms with Crippen molar-refractivity contribution in [1.29, 1.82) is 0 Å². The largest absolute Gasteiger partial charge is 0.480 e. The monoisotopic (exact) mass is 335 g/mol. The number of hydrogen-bond acceptors (Lipinski definition) is 7. The van der Waals surface area contributed by atoms with Crippen LogP contribution in [0, 0.1) is 5.92 Å². The Hall–Kier alpha value is -2.55. The second kappa shape index (κ2) is 7.63. The standard InChI is InChI=1S/C14H17N5O3S/c1-8(2)5-10(13(21)22)17-11-4-3-9(6-15-11)12(20)18-14-19-16-7-23-14/h3-4,6-8,10H,5H2,1-2H3,(H,15,17)(H,21,22)(H,18,19,20)/t10-/m1/s1. The maximum atomic E-state index is 12.0. The number of carbonyl (C=O) groups is 2. The van der Waals surface area contributed by atoms with Crippen LogP contribution in [-0.2, 0) is 4.79 Å². The highest BCUT2D eigenvalue weighted by atomic mass is 32.1. The summed E-state index contributed by atoms with van der Waals surface area (Å²) in [4.78, 5) is 27.3. The average molecular weight is 335 g/mol. The topological polar surface area (TPSA) is 117 Å². The number of carboxylic acid groups (broad SMARTS) is 1. The van der Waals surface area contributed by atoms with E-state index in [-0.39, 0.29) is 11.8 Å². The Bertz CT molecular complexity index is 658. The Balaban J connectivity index is 2.00. The fraction of sp³-hybridized carbons (Fsp3) is 0.357. The molecule has 0 saturated carbocycles. The van der Waals surface area contributed by atoms with Crippen molar-refractivity contribution in [3.8, 4) is 0 Å². The molecule has 23 heavy (non-hydrogen) atoms. The van der Waals surface area contributed by atoms with Crippen molar-refractivity contribution >= 4 is 34.2 Å². The van der Waals surface area contributed by atoms with E-state index in [1.165, 1.54) is 23.0 Å². The Morgan fingerprint density at radius 1 is 1.35 bits per heavy atom. The first-order chi connectivity index (χ1) is 11.0. The van der Waals surface area contributed by atoms with E-state index in [9.17, 15) is 14.7 Å². The second-order valence-corrected chi connectivity index (χ2v) is 6.13. The van der Waals surface area contributed by atoms with Crippen LogP contribution in [0.5, 0.6) is 0 Å². The number of nitrogens with zero attached hydrogens (tertiary/aromatic N) is 3. The number of anilines is 2. The molecule has 2 rings (SSSR count). The maximum absolute atomic E-state index is 12.0. The molecule has 1 amide bonds. The summed E-state index contributed by atoms with van der Waals surface area (Å²) in [5.41, 5.74) is 1.86. The molecule has 0 saturated heterocycles. The predicted molar refractivity (Wildman–Crippen MR) is 86.6 cm³/mol. The summed E-state index contributed by atoms with van der Waals surface area (Å²) in [7, 11) is 0. The normalized spacial score (nSPS) is 12.0. The second-order valence-electron chi connectivity index (χ2n) is 5.29. The van der Waals surface area contributed by atoms with Crippen molar-refractivity contribution in [3.63, 3.8) is 0 Å². The molecular formula is C14H17N5O3S. The lowest BCUT2D eigenvalue weighted by Crippen LogP contribution is -2.31. The van der Waals surface area contributed by atoms with Crippen LogP contribution >= 0.6 is 11.3 Å². The van der Waals surface area contributed by atoms with Gasteiger partial charge in [0.2, 0.25) is 5.13 Å². The molecule has 0 aliphatic heterocycles. The Morgan fingerprint density at radius 3 is 2.65 bits per heavy atom. The molecule has 0 radical (unpaired) electrons. The minimum atomic E-state index is -0.932. The van der Waals surface area contributed by atoms with E-state index in [0.29, 0.717) is 22.9 Å². The number of amides is 1. The van der Waals surface area contributed by atoms with Gasteiger partial charge in [0.1, 0.15) is 17.4 Å². The minimum absolute atomic E-state index is 0.237. The molecule has 0 unspecified atom stereocenters. The van der Waals surface area contributed by atoms with E-state index in [2.05, 4.69) is 25.8 Å². The fourth-order valence-corrected chi connectivity index (χ4v) is 2.32. The van der Waals surface area contributed by atoms with E-state index in [1.54, 1.807) is 12.1 Å². The Labute approximate surface area is 137 Å². The molecule has 0 bridgehead atoms. The Morgan fingerprint density at radius 2 is 2.13 bits per heavy atom. The average Bonchev–Trinajstić information content (AvgIpc) is 2.99.